The molecule has 4 saturated carbocycles. The Morgan fingerprint density at radius 1 is 0.448 bits per heavy atom. The Balaban J connectivity index is 0.909. The number of fused-ring (bicyclic) bond motifs is 3. The number of aromatic hydroxyl groups is 6. The molecule has 4 fully saturated rings. The van der Waals surface area contributed by atoms with Crippen molar-refractivity contribution in [3.8, 4) is 34.5 Å². The van der Waals surface area contributed by atoms with E-state index in [2.05, 4.69) is 0 Å². The van der Waals surface area contributed by atoms with Crippen molar-refractivity contribution in [3.63, 3.8) is 0 Å². The second-order valence-corrected chi connectivity index (χ2v) is 19.0. The van der Waals surface area contributed by atoms with Crippen molar-refractivity contribution in [3.05, 3.63) is 69.8 Å². The summed E-state index contributed by atoms with van der Waals surface area (Å²) in [7, 11) is 0. The first-order valence-corrected chi connectivity index (χ1v) is 21.1. The number of hydrogen-bond donors (Lipinski definition) is 6. The van der Waals surface area contributed by atoms with Crippen LogP contribution in [0.5, 0.6) is 34.5 Å². The molecule has 3 aromatic carbocycles. The van der Waals surface area contributed by atoms with E-state index in [0.717, 1.165) is 91.2 Å². The molecule has 6 N–H and O–H groups in total. The van der Waals surface area contributed by atoms with Gasteiger partial charge in [0.15, 0.2) is 34.5 Å². The molecule has 0 spiro atoms. The second kappa shape index (κ2) is 14.3. The summed E-state index contributed by atoms with van der Waals surface area (Å²) in [5.74, 6) is -0.212. The highest BCUT2D eigenvalue weighted by molar-refractivity contribution is 5.78. The average molecular weight is 794 g/mol. The molecular weight excluding hydrogens is 739 g/mol. The standard InChI is InChI=1S/C46H55N3O9/c50-35-13-29-4-10-47(22-32(29)16-38(35)53)41(56)1-7-44-19-28-20-45(25-44,8-2-42(57)48-11-5-30-14-36(51)39(54)17-33(30)23-48)27-46(21-28,26-44)9-3-43(58)49-12-6-31-15-37(52)40(55)18-34(31)24-49/h13-18,28,50-55H,1-12,19-27H2. The number of phenols is 6. The molecule has 12 nitrogen and oxygen atoms in total. The molecule has 3 aliphatic heterocycles. The molecule has 7 aliphatic rings. The van der Waals surface area contributed by atoms with Crippen LogP contribution in [0.15, 0.2) is 36.4 Å². The van der Waals surface area contributed by atoms with Gasteiger partial charge in [-0.25, -0.2) is 0 Å². The van der Waals surface area contributed by atoms with Crippen molar-refractivity contribution in [2.75, 3.05) is 19.6 Å². The van der Waals surface area contributed by atoms with Crippen LogP contribution in [0.4, 0.5) is 0 Å². The number of amides is 3. The van der Waals surface area contributed by atoms with Crippen LogP contribution in [-0.2, 0) is 53.3 Å². The first-order valence-electron chi connectivity index (χ1n) is 21.1. The third-order valence-corrected chi connectivity index (χ3v) is 15.0. The molecule has 3 heterocycles. The smallest absolute Gasteiger partial charge is 0.222 e. The summed E-state index contributed by atoms with van der Waals surface area (Å²) >= 11 is 0. The van der Waals surface area contributed by atoms with E-state index in [1.807, 2.05) is 14.7 Å². The minimum Gasteiger partial charge on any atom is -0.504 e. The molecule has 0 radical (unpaired) electrons. The number of phenolic OH excluding ortho intramolecular Hbond substituents is 6. The van der Waals surface area contributed by atoms with Gasteiger partial charge in [-0.15, -0.1) is 0 Å². The predicted octanol–water partition coefficient (Wildman–Crippen LogP) is 6.27. The van der Waals surface area contributed by atoms with E-state index >= 15 is 0 Å². The van der Waals surface area contributed by atoms with Gasteiger partial charge in [0.2, 0.25) is 17.7 Å². The maximum atomic E-state index is 13.9. The number of carbonyl (C=O) groups is 3. The van der Waals surface area contributed by atoms with E-state index in [1.165, 1.54) is 0 Å². The van der Waals surface area contributed by atoms with Crippen LogP contribution in [0.3, 0.4) is 0 Å². The lowest BCUT2D eigenvalue weighted by Crippen LogP contribution is -2.57. The fourth-order valence-corrected chi connectivity index (χ4v) is 12.9. The van der Waals surface area contributed by atoms with Gasteiger partial charge in [-0.2, -0.15) is 0 Å². The van der Waals surface area contributed by atoms with Crippen LogP contribution < -0.4 is 0 Å². The minimum atomic E-state index is -0.177. The summed E-state index contributed by atoms with van der Waals surface area (Å²) in [6.07, 6.45) is 11.5. The third kappa shape index (κ3) is 7.17. The molecule has 0 unspecified atom stereocenters. The highest BCUT2D eigenvalue weighted by atomic mass is 16.3. The first kappa shape index (κ1) is 38.4. The molecule has 308 valence electrons. The Morgan fingerprint density at radius 3 is 0.983 bits per heavy atom. The van der Waals surface area contributed by atoms with Crippen LogP contribution >= 0.6 is 0 Å². The van der Waals surface area contributed by atoms with E-state index in [9.17, 15) is 45.0 Å². The molecular formula is C46H55N3O9. The molecule has 0 atom stereocenters. The van der Waals surface area contributed by atoms with E-state index < -0.39 is 0 Å². The van der Waals surface area contributed by atoms with Crippen LogP contribution in [0.1, 0.15) is 110 Å². The zero-order valence-corrected chi connectivity index (χ0v) is 33.1. The van der Waals surface area contributed by atoms with Crippen LogP contribution in [-0.4, -0.2) is 82.7 Å². The zero-order valence-electron chi connectivity index (χ0n) is 33.1. The predicted molar refractivity (Wildman–Crippen MR) is 213 cm³/mol. The van der Waals surface area contributed by atoms with Gasteiger partial charge in [-0.1, -0.05) is 0 Å². The number of rotatable bonds is 9. The molecule has 3 amide bonds. The lowest BCUT2D eigenvalue weighted by atomic mass is 9.37. The fourth-order valence-electron chi connectivity index (χ4n) is 12.9. The molecule has 10 rings (SSSR count). The number of hydrogen-bond acceptors (Lipinski definition) is 9. The van der Waals surface area contributed by atoms with E-state index in [0.29, 0.717) is 83.7 Å². The van der Waals surface area contributed by atoms with Crippen molar-refractivity contribution in [1.82, 2.24) is 14.7 Å². The fraction of sp³-hybridized carbons (Fsp3) is 0.543. The lowest BCUT2D eigenvalue weighted by molar-refractivity contribution is -0.173. The van der Waals surface area contributed by atoms with Crippen molar-refractivity contribution in [2.45, 2.75) is 116 Å². The summed E-state index contributed by atoms with van der Waals surface area (Å²) in [5, 5.41) is 60.4. The van der Waals surface area contributed by atoms with Crippen LogP contribution in [0, 0.1) is 22.2 Å². The Kier molecular flexibility index (Phi) is 9.47. The quantitative estimate of drug-likeness (QED) is 0.136. The van der Waals surface area contributed by atoms with Gasteiger partial charge in [-0.05, 0) is 169 Å². The summed E-state index contributed by atoms with van der Waals surface area (Å²) in [6.45, 7) is 2.89. The zero-order chi connectivity index (χ0) is 40.6. The van der Waals surface area contributed by atoms with Gasteiger partial charge >= 0.3 is 0 Å². The van der Waals surface area contributed by atoms with Crippen molar-refractivity contribution in [1.29, 1.82) is 0 Å². The number of nitrogens with zero attached hydrogens (tertiary/aromatic N) is 3. The molecule has 0 saturated heterocycles. The van der Waals surface area contributed by atoms with Gasteiger partial charge < -0.3 is 45.3 Å². The third-order valence-electron chi connectivity index (χ3n) is 15.0. The van der Waals surface area contributed by atoms with Crippen LogP contribution in [0.2, 0.25) is 0 Å². The minimum absolute atomic E-state index is 0.0634. The van der Waals surface area contributed by atoms with Gasteiger partial charge in [0.05, 0.1) is 0 Å². The average Bonchev–Trinajstić information content (AvgIpc) is 3.18. The maximum Gasteiger partial charge on any atom is 0.222 e. The van der Waals surface area contributed by atoms with Gasteiger partial charge in [-0.3, -0.25) is 14.4 Å². The monoisotopic (exact) mass is 793 g/mol. The molecule has 58 heavy (non-hydrogen) atoms. The Hall–Kier alpha value is -5.13. The lowest BCUT2D eigenvalue weighted by Gasteiger charge is -2.67. The largest absolute Gasteiger partial charge is 0.504 e. The van der Waals surface area contributed by atoms with Gasteiger partial charge in [0.25, 0.3) is 0 Å². The number of benzene rings is 3. The highest BCUT2D eigenvalue weighted by Gasteiger charge is 2.62. The number of carbonyl (C=O) groups excluding carboxylic acids is 3. The van der Waals surface area contributed by atoms with Crippen LogP contribution in [0.25, 0.3) is 0 Å². The van der Waals surface area contributed by atoms with E-state index in [4.69, 9.17) is 0 Å². The Morgan fingerprint density at radius 2 is 0.707 bits per heavy atom. The molecule has 4 bridgehead atoms. The van der Waals surface area contributed by atoms with E-state index in [-0.39, 0.29) is 68.5 Å². The van der Waals surface area contributed by atoms with E-state index in [1.54, 1.807) is 36.4 Å². The second-order valence-electron chi connectivity index (χ2n) is 19.0. The molecule has 0 aromatic heterocycles. The summed E-state index contributed by atoms with van der Waals surface area (Å²) in [6, 6.07) is 9.48. The first-order chi connectivity index (χ1) is 27.7. The van der Waals surface area contributed by atoms with Crippen molar-refractivity contribution < 1.29 is 45.0 Å². The highest BCUT2D eigenvalue weighted by Crippen LogP contribution is 2.73. The topological polar surface area (TPSA) is 182 Å². The maximum absolute atomic E-state index is 13.9. The summed E-state index contributed by atoms with van der Waals surface area (Å²) in [5.41, 5.74) is 5.23. The molecule has 4 aliphatic carbocycles. The van der Waals surface area contributed by atoms with Crippen molar-refractivity contribution in [2.24, 2.45) is 22.2 Å². The molecule has 3 aromatic rings. The molecule has 12 heteroatoms. The van der Waals surface area contributed by atoms with Gasteiger partial charge in [0.1, 0.15) is 0 Å². The normalized spacial score (nSPS) is 26.9. The Labute approximate surface area is 338 Å². The summed E-state index contributed by atoms with van der Waals surface area (Å²) in [4.78, 5) is 47.3. The van der Waals surface area contributed by atoms with Gasteiger partial charge in [0, 0.05) is 58.5 Å². The van der Waals surface area contributed by atoms with Crippen molar-refractivity contribution >= 4 is 17.7 Å². The Bertz CT molecular complexity index is 1940. The SMILES string of the molecule is O=C(CCC12CC3CC(CCC(=O)N4CCc5cc(O)c(O)cc5C4)(C1)CC(CCC(=O)N1CCc4cc(O)c(O)cc4C1)(C3)C2)N1CCc2cc(O)c(O)cc2C1. The summed E-state index contributed by atoms with van der Waals surface area (Å²) < 4.78 is 0.